The summed E-state index contributed by atoms with van der Waals surface area (Å²) in [6, 6.07) is 7.71. The molecule has 1 aromatic carbocycles. The third kappa shape index (κ3) is 3.61. The molecule has 6 nitrogen and oxygen atoms in total. The molecular formula is C13H11FN2O4S. The largest absolute Gasteiger partial charge is 0.477 e. The van der Waals surface area contributed by atoms with Gasteiger partial charge in [0.2, 0.25) is 10.0 Å². The number of nitrogens with zero attached hydrogens (tertiary/aromatic N) is 1. The van der Waals surface area contributed by atoms with Gasteiger partial charge in [-0.2, -0.15) is 0 Å². The van der Waals surface area contributed by atoms with E-state index in [1.807, 2.05) is 0 Å². The number of nitrogens with one attached hydrogen (secondary N) is 1. The molecule has 0 aliphatic heterocycles. The molecule has 2 aromatic rings. The molecule has 0 atom stereocenters. The maximum Gasteiger partial charge on any atom is 0.354 e. The molecule has 0 bridgehead atoms. The van der Waals surface area contributed by atoms with Gasteiger partial charge in [0.15, 0.2) is 0 Å². The Morgan fingerprint density at radius 2 is 1.95 bits per heavy atom. The van der Waals surface area contributed by atoms with Crippen LogP contribution in [-0.4, -0.2) is 24.5 Å². The fraction of sp³-hybridized carbons (Fsp3) is 0.0769. The Labute approximate surface area is 120 Å². The number of carbonyl (C=O) groups is 1. The highest BCUT2D eigenvalue weighted by Gasteiger charge is 2.18. The van der Waals surface area contributed by atoms with Crippen LogP contribution in [0.15, 0.2) is 47.5 Å². The van der Waals surface area contributed by atoms with Crippen molar-refractivity contribution in [3.63, 3.8) is 0 Å². The molecule has 0 aliphatic carbocycles. The molecule has 0 saturated heterocycles. The zero-order valence-corrected chi connectivity index (χ0v) is 11.5. The smallest absolute Gasteiger partial charge is 0.354 e. The second kappa shape index (κ2) is 5.98. The molecule has 21 heavy (non-hydrogen) atoms. The van der Waals surface area contributed by atoms with Crippen molar-refractivity contribution in [1.29, 1.82) is 0 Å². The molecule has 0 radical (unpaired) electrons. The lowest BCUT2D eigenvalue weighted by atomic mass is 10.2. The minimum Gasteiger partial charge on any atom is -0.477 e. The molecule has 0 unspecified atom stereocenters. The third-order valence-electron chi connectivity index (χ3n) is 2.64. The van der Waals surface area contributed by atoms with E-state index < -0.39 is 26.7 Å². The van der Waals surface area contributed by atoms with Crippen molar-refractivity contribution in [2.24, 2.45) is 0 Å². The Bertz CT molecular complexity index is 760. The van der Waals surface area contributed by atoms with Gasteiger partial charge in [0.05, 0.1) is 0 Å². The van der Waals surface area contributed by atoms with Gasteiger partial charge in [0.1, 0.15) is 16.4 Å². The number of rotatable bonds is 5. The maximum absolute atomic E-state index is 13.5. The van der Waals surface area contributed by atoms with E-state index in [1.165, 1.54) is 30.5 Å². The van der Waals surface area contributed by atoms with Crippen LogP contribution < -0.4 is 4.72 Å². The van der Waals surface area contributed by atoms with Crippen molar-refractivity contribution in [2.45, 2.75) is 11.4 Å². The summed E-state index contributed by atoms with van der Waals surface area (Å²) in [6.07, 6.45) is 1.24. The number of halogens is 1. The van der Waals surface area contributed by atoms with Gasteiger partial charge < -0.3 is 5.11 Å². The van der Waals surface area contributed by atoms with E-state index in [2.05, 4.69) is 9.71 Å². The molecule has 2 N–H and O–H groups in total. The first kappa shape index (κ1) is 15.1. The summed E-state index contributed by atoms with van der Waals surface area (Å²) in [5.41, 5.74) is 0.315. The Balaban J connectivity index is 2.12. The van der Waals surface area contributed by atoms with Crippen LogP contribution in [-0.2, 0) is 16.6 Å². The van der Waals surface area contributed by atoms with Crippen molar-refractivity contribution in [3.8, 4) is 0 Å². The van der Waals surface area contributed by atoms with Gasteiger partial charge in [0, 0.05) is 12.7 Å². The van der Waals surface area contributed by atoms with Crippen molar-refractivity contribution < 1.29 is 22.7 Å². The molecule has 110 valence electrons. The summed E-state index contributed by atoms with van der Waals surface area (Å²) in [7, 11) is -3.98. The molecule has 0 aliphatic rings. The van der Waals surface area contributed by atoms with E-state index in [9.17, 15) is 17.6 Å². The summed E-state index contributed by atoms with van der Waals surface area (Å²) in [4.78, 5) is 13.9. The van der Waals surface area contributed by atoms with Gasteiger partial charge >= 0.3 is 5.97 Å². The van der Waals surface area contributed by atoms with Gasteiger partial charge in [-0.15, -0.1) is 0 Å². The van der Waals surface area contributed by atoms with Crippen LogP contribution in [0.2, 0.25) is 0 Å². The minimum atomic E-state index is -3.98. The van der Waals surface area contributed by atoms with Gasteiger partial charge in [-0.3, -0.25) is 0 Å². The molecule has 2 rings (SSSR count). The first-order valence-corrected chi connectivity index (χ1v) is 7.31. The fourth-order valence-electron chi connectivity index (χ4n) is 1.57. The minimum absolute atomic E-state index is 0.121. The van der Waals surface area contributed by atoms with Crippen LogP contribution in [0.25, 0.3) is 0 Å². The second-order valence-corrected chi connectivity index (χ2v) is 5.85. The molecule has 0 fully saturated rings. The molecule has 0 spiro atoms. The lowest BCUT2D eigenvalue weighted by molar-refractivity contribution is 0.0690. The normalized spacial score (nSPS) is 11.3. The molecular weight excluding hydrogens is 299 g/mol. The van der Waals surface area contributed by atoms with Crippen LogP contribution >= 0.6 is 0 Å². The van der Waals surface area contributed by atoms with Crippen LogP contribution in [0.4, 0.5) is 4.39 Å². The monoisotopic (exact) mass is 310 g/mol. The van der Waals surface area contributed by atoms with E-state index in [0.717, 1.165) is 12.1 Å². The number of hydrogen-bond donors (Lipinski definition) is 2. The van der Waals surface area contributed by atoms with Crippen LogP contribution in [0.3, 0.4) is 0 Å². The molecule has 8 heteroatoms. The number of benzene rings is 1. The Morgan fingerprint density at radius 3 is 2.52 bits per heavy atom. The topological polar surface area (TPSA) is 96.4 Å². The molecule has 0 saturated carbocycles. The van der Waals surface area contributed by atoms with E-state index >= 15 is 0 Å². The first-order chi connectivity index (χ1) is 9.90. The highest BCUT2D eigenvalue weighted by Crippen LogP contribution is 2.13. The van der Waals surface area contributed by atoms with Gasteiger partial charge in [0.25, 0.3) is 0 Å². The zero-order chi connectivity index (χ0) is 15.5. The highest BCUT2D eigenvalue weighted by molar-refractivity contribution is 7.89. The number of aromatic carboxylic acids is 1. The maximum atomic E-state index is 13.5. The number of hydrogen-bond acceptors (Lipinski definition) is 4. The summed E-state index contributed by atoms with van der Waals surface area (Å²) in [6.45, 7) is -0.121. The molecule has 1 heterocycles. The van der Waals surface area contributed by atoms with E-state index in [0.29, 0.717) is 5.56 Å². The molecule has 0 amide bonds. The summed E-state index contributed by atoms with van der Waals surface area (Å²) in [5.74, 6) is -2.02. The van der Waals surface area contributed by atoms with Crippen molar-refractivity contribution >= 4 is 16.0 Å². The predicted octanol–water partition coefficient (Wildman–Crippen LogP) is 1.40. The average Bonchev–Trinajstić information content (AvgIpc) is 2.46. The Kier molecular flexibility index (Phi) is 4.29. The number of carboxylic acid groups (broad SMARTS) is 1. The van der Waals surface area contributed by atoms with Crippen LogP contribution in [0, 0.1) is 5.82 Å². The average molecular weight is 310 g/mol. The standard InChI is InChI=1S/C13H11FN2O4S/c14-10-3-1-2-4-12(10)21(19,20)16-8-9-5-6-11(13(17)18)15-7-9/h1-7,16H,8H2,(H,17,18). The van der Waals surface area contributed by atoms with Crippen LogP contribution in [0.1, 0.15) is 16.1 Å². The van der Waals surface area contributed by atoms with Crippen molar-refractivity contribution in [1.82, 2.24) is 9.71 Å². The number of aromatic nitrogens is 1. The van der Waals surface area contributed by atoms with E-state index in [1.54, 1.807) is 0 Å². The third-order valence-corrected chi connectivity index (χ3v) is 4.07. The molecule has 1 aromatic heterocycles. The number of pyridine rings is 1. The van der Waals surface area contributed by atoms with E-state index in [-0.39, 0.29) is 12.2 Å². The zero-order valence-electron chi connectivity index (χ0n) is 10.7. The number of sulfonamides is 1. The predicted molar refractivity (Wildman–Crippen MR) is 71.6 cm³/mol. The van der Waals surface area contributed by atoms with Gasteiger partial charge in [-0.25, -0.2) is 27.3 Å². The van der Waals surface area contributed by atoms with Crippen LogP contribution in [0.5, 0.6) is 0 Å². The first-order valence-electron chi connectivity index (χ1n) is 5.82. The highest BCUT2D eigenvalue weighted by atomic mass is 32.2. The van der Waals surface area contributed by atoms with Crippen molar-refractivity contribution in [3.05, 3.63) is 59.7 Å². The van der Waals surface area contributed by atoms with Crippen molar-refractivity contribution in [2.75, 3.05) is 0 Å². The number of carboxylic acids is 1. The summed E-state index contributed by atoms with van der Waals surface area (Å²) < 4.78 is 39.6. The fourth-order valence-corrected chi connectivity index (χ4v) is 2.67. The van der Waals surface area contributed by atoms with Gasteiger partial charge in [-0.05, 0) is 23.8 Å². The van der Waals surface area contributed by atoms with E-state index in [4.69, 9.17) is 5.11 Å². The lowest BCUT2D eigenvalue weighted by Crippen LogP contribution is -2.24. The second-order valence-electron chi connectivity index (χ2n) is 4.11. The lowest BCUT2D eigenvalue weighted by Gasteiger charge is -2.07. The SMILES string of the molecule is O=C(O)c1ccc(CNS(=O)(=O)c2ccccc2F)cn1. The summed E-state index contributed by atoms with van der Waals surface area (Å²) in [5, 5.41) is 8.70. The van der Waals surface area contributed by atoms with Gasteiger partial charge in [-0.1, -0.05) is 18.2 Å². The Morgan fingerprint density at radius 1 is 1.24 bits per heavy atom. The quantitative estimate of drug-likeness (QED) is 0.870. The summed E-state index contributed by atoms with van der Waals surface area (Å²) >= 11 is 0. The Hall–Kier alpha value is -2.32.